The molecule has 0 aliphatic heterocycles. The highest BCUT2D eigenvalue weighted by Gasteiger charge is 2.27. The van der Waals surface area contributed by atoms with Gasteiger partial charge in [-0.2, -0.15) is 13.5 Å². The number of hydrogen-bond donors (Lipinski definition) is 2. The summed E-state index contributed by atoms with van der Waals surface area (Å²) in [5.41, 5.74) is 1.39. The van der Waals surface area contributed by atoms with Crippen molar-refractivity contribution in [3.05, 3.63) is 40.8 Å². The molecule has 0 aliphatic carbocycles. The van der Waals surface area contributed by atoms with Crippen molar-refractivity contribution in [2.24, 2.45) is 0 Å². The van der Waals surface area contributed by atoms with E-state index in [1.54, 1.807) is 6.92 Å². The average molecular weight is 580 g/mol. The summed E-state index contributed by atoms with van der Waals surface area (Å²) in [7, 11) is -4.39. The number of nitrogens with one attached hydrogen (secondary N) is 2. The number of urea groups is 1. The predicted octanol–water partition coefficient (Wildman–Crippen LogP) is 4.35. The molecule has 0 unspecified atom stereocenters. The summed E-state index contributed by atoms with van der Waals surface area (Å²) in [6, 6.07) is 2.65. The molecule has 12 heteroatoms. The van der Waals surface area contributed by atoms with Crippen molar-refractivity contribution in [2.75, 3.05) is 11.9 Å². The molecule has 1 aromatic heterocycles. The molecule has 0 atom stereocenters. The zero-order chi connectivity index (χ0) is 24.2. The first-order valence-corrected chi connectivity index (χ1v) is 12.9. The minimum atomic E-state index is -4.39. The van der Waals surface area contributed by atoms with E-state index >= 15 is 0 Å². The van der Waals surface area contributed by atoms with Crippen LogP contribution in [-0.4, -0.2) is 36.8 Å². The molecule has 0 bridgehead atoms. The van der Waals surface area contributed by atoms with Gasteiger partial charge in [0.2, 0.25) is 0 Å². The SMILES string of the molecule is CCOC(=O)c1cc(S(=O)(=O)NC(=O)Nc2c(C(C)C)cc(F)cc2C(C)C)nn1CI. The molecule has 2 aromatic rings. The predicted molar refractivity (Wildman–Crippen MR) is 126 cm³/mol. The Kier molecular flexibility index (Phi) is 8.62. The second kappa shape index (κ2) is 10.6. The first-order chi connectivity index (χ1) is 14.9. The third-order valence-corrected chi connectivity index (χ3v) is 6.35. The normalized spacial score (nSPS) is 11.7. The smallest absolute Gasteiger partial charge is 0.356 e. The maximum atomic E-state index is 14.1. The van der Waals surface area contributed by atoms with Crippen molar-refractivity contribution in [1.82, 2.24) is 14.5 Å². The van der Waals surface area contributed by atoms with Gasteiger partial charge in [0.25, 0.3) is 10.0 Å². The Morgan fingerprint density at radius 2 is 1.72 bits per heavy atom. The average Bonchev–Trinajstić information content (AvgIpc) is 3.14. The molecular formula is C20H26FIN4O5S. The molecule has 0 saturated heterocycles. The van der Waals surface area contributed by atoms with Crippen LogP contribution in [0.5, 0.6) is 0 Å². The van der Waals surface area contributed by atoms with Crippen molar-refractivity contribution in [3.63, 3.8) is 0 Å². The van der Waals surface area contributed by atoms with Gasteiger partial charge in [0, 0.05) is 11.8 Å². The van der Waals surface area contributed by atoms with E-state index in [2.05, 4.69) is 10.4 Å². The number of benzene rings is 1. The zero-order valence-corrected chi connectivity index (χ0v) is 21.4. The van der Waals surface area contributed by atoms with Crippen LogP contribution in [0.25, 0.3) is 0 Å². The number of nitrogens with zero attached hydrogens (tertiary/aromatic N) is 2. The molecule has 0 aliphatic rings. The van der Waals surface area contributed by atoms with E-state index in [1.807, 2.05) is 55.0 Å². The number of halogens is 2. The lowest BCUT2D eigenvalue weighted by atomic mass is 9.92. The third kappa shape index (κ3) is 5.97. The number of esters is 1. The summed E-state index contributed by atoms with van der Waals surface area (Å²) in [6.45, 7) is 9.09. The summed E-state index contributed by atoms with van der Waals surface area (Å²) in [5.74, 6) is -1.41. The number of alkyl halides is 1. The van der Waals surface area contributed by atoms with E-state index in [1.165, 1.54) is 16.8 Å². The van der Waals surface area contributed by atoms with Crippen LogP contribution in [0.1, 0.15) is 68.1 Å². The minimum Gasteiger partial charge on any atom is -0.461 e. The van der Waals surface area contributed by atoms with Crippen LogP contribution < -0.4 is 10.0 Å². The Balaban J connectivity index is 2.35. The number of amides is 2. The lowest BCUT2D eigenvalue weighted by Crippen LogP contribution is -2.35. The minimum absolute atomic E-state index is 0.0512. The Hall–Kier alpha value is -2.22. The lowest BCUT2D eigenvalue weighted by molar-refractivity contribution is 0.0513. The number of hydrogen-bond acceptors (Lipinski definition) is 6. The van der Waals surface area contributed by atoms with Crippen LogP contribution in [-0.2, 0) is 19.3 Å². The van der Waals surface area contributed by atoms with E-state index in [-0.39, 0.29) is 28.7 Å². The van der Waals surface area contributed by atoms with Crippen molar-refractivity contribution < 1.29 is 27.1 Å². The molecular weight excluding hydrogens is 554 g/mol. The molecule has 1 heterocycles. The standard InChI is InChI=1S/C20H26FIN4O5S/c1-6-31-19(27)16-9-17(24-26(16)10-22)32(29,30)25-20(28)23-18-14(11(2)3)7-13(21)8-15(18)12(4)5/h7-9,11-12H,6,10H2,1-5H3,(H2,23,25,28). The molecule has 176 valence electrons. The number of rotatable bonds is 8. The Morgan fingerprint density at radius 1 is 1.16 bits per heavy atom. The summed E-state index contributed by atoms with van der Waals surface area (Å²) < 4.78 is 47.7. The van der Waals surface area contributed by atoms with Crippen LogP contribution in [0, 0.1) is 5.82 Å². The number of carbonyl (C=O) groups excluding carboxylic acids is 2. The van der Waals surface area contributed by atoms with Gasteiger partial charge in [0.1, 0.15) is 11.5 Å². The molecule has 1 aromatic carbocycles. The maximum absolute atomic E-state index is 14.1. The highest BCUT2D eigenvalue weighted by molar-refractivity contribution is 14.1. The highest BCUT2D eigenvalue weighted by Crippen LogP contribution is 2.33. The van der Waals surface area contributed by atoms with E-state index < -0.39 is 32.9 Å². The highest BCUT2D eigenvalue weighted by atomic mass is 127. The Morgan fingerprint density at radius 3 is 2.19 bits per heavy atom. The molecule has 0 radical (unpaired) electrons. The molecule has 0 saturated carbocycles. The van der Waals surface area contributed by atoms with E-state index in [4.69, 9.17) is 4.74 Å². The van der Waals surface area contributed by atoms with Crippen molar-refractivity contribution in [1.29, 1.82) is 0 Å². The summed E-state index contributed by atoms with van der Waals surface area (Å²) in [5, 5.41) is 5.94. The van der Waals surface area contributed by atoms with Gasteiger partial charge >= 0.3 is 12.0 Å². The molecule has 2 N–H and O–H groups in total. The number of ether oxygens (including phenoxy) is 1. The molecule has 0 spiro atoms. The maximum Gasteiger partial charge on any atom is 0.356 e. The molecule has 2 rings (SSSR count). The van der Waals surface area contributed by atoms with Crippen LogP contribution in [0.2, 0.25) is 0 Å². The number of anilines is 1. The van der Waals surface area contributed by atoms with Crippen LogP contribution in [0.15, 0.2) is 23.2 Å². The van der Waals surface area contributed by atoms with Gasteiger partial charge in [-0.15, -0.1) is 0 Å². The summed E-state index contributed by atoms with van der Waals surface area (Å²) in [4.78, 5) is 24.7. The third-order valence-electron chi connectivity index (χ3n) is 4.50. The van der Waals surface area contributed by atoms with E-state index in [9.17, 15) is 22.4 Å². The summed E-state index contributed by atoms with van der Waals surface area (Å²) in [6.07, 6.45) is 0. The van der Waals surface area contributed by atoms with Crippen LogP contribution in [0.4, 0.5) is 14.9 Å². The van der Waals surface area contributed by atoms with Gasteiger partial charge in [-0.25, -0.2) is 23.4 Å². The van der Waals surface area contributed by atoms with Gasteiger partial charge in [-0.1, -0.05) is 50.3 Å². The van der Waals surface area contributed by atoms with Crippen molar-refractivity contribution >= 4 is 50.3 Å². The fraction of sp³-hybridized carbons (Fsp3) is 0.450. The Bertz CT molecular complexity index is 1090. The lowest BCUT2D eigenvalue weighted by Gasteiger charge is -2.20. The summed E-state index contributed by atoms with van der Waals surface area (Å²) >= 11 is 1.91. The van der Waals surface area contributed by atoms with Gasteiger partial charge in [-0.05, 0) is 42.0 Å². The number of carbonyl (C=O) groups is 2. The van der Waals surface area contributed by atoms with Crippen molar-refractivity contribution in [2.45, 2.75) is 56.0 Å². The quantitative estimate of drug-likeness (QED) is 0.272. The largest absolute Gasteiger partial charge is 0.461 e. The second-order valence-corrected chi connectivity index (χ2v) is 9.85. The molecule has 9 nitrogen and oxygen atoms in total. The monoisotopic (exact) mass is 580 g/mol. The fourth-order valence-electron chi connectivity index (χ4n) is 3.00. The van der Waals surface area contributed by atoms with E-state index in [0.717, 1.165) is 6.07 Å². The Labute approximate surface area is 200 Å². The second-order valence-electron chi connectivity index (χ2n) is 7.54. The van der Waals surface area contributed by atoms with Gasteiger partial charge in [-0.3, -0.25) is 0 Å². The fourth-order valence-corrected chi connectivity index (χ4v) is 4.40. The van der Waals surface area contributed by atoms with Crippen LogP contribution in [0.3, 0.4) is 0 Å². The molecule has 32 heavy (non-hydrogen) atoms. The molecule has 2 amide bonds. The van der Waals surface area contributed by atoms with E-state index in [0.29, 0.717) is 16.8 Å². The number of sulfonamides is 1. The zero-order valence-electron chi connectivity index (χ0n) is 18.4. The van der Waals surface area contributed by atoms with Gasteiger partial charge < -0.3 is 10.1 Å². The molecule has 0 fully saturated rings. The van der Waals surface area contributed by atoms with Crippen molar-refractivity contribution in [3.8, 4) is 0 Å². The first kappa shape index (κ1) is 26.0. The van der Waals surface area contributed by atoms with Crippen LogP contribution >= 0.6 is 22.6 Å². The first-order valence-electron chi connectivity index (χ1n) is 9.89. The van der Waals surface area contributed by atoms with Gasteiger partial charge in [0.05, 0.1) is 11.2 Å². The van der Waals surface area contributed by atoms with Gasteiger partial charge in [0.15, 0.2) is 5.03 Å². The topological polar surface area (TPSA) is 119 Å². The number of aromatic nitrogens is 2.